The smallest absolute Gasteiger partial charge is 0.411 e. The first kappa shape index (κ1) is 21.2. The highest BCUT2D eigenvalue weighted by molar-refractivity contribution is 9.10. The summed E-state index contributed by atoms with van der Waals surface area (Å²) < 4.78 is 59.9. The summed E-state index contributed by atoms with van der Waals surface area (Å²) in [4.78, 5) is 11.8. The Morgan fingerprint density at radius 3 is 2.37 bits per heavy atom. The van der Waals surface area contributed by atoms with Gasteiger partial charge in [0, 0.05) is 11.0 Å². The van der Waals surface area contributed by atoms with E-state index in [1.807, 2.05) is 0 Å². The van der Waals surface area contributed by atoms with Gasteiger partial charge in [-0.2, -0.15) is 13.2 Å². The van der Waals surface area contributed by atoms with Crippen LogP contribution >= 0.6 is 15.9 Å². The lowest BCUT2D eigenvalue weighted by Crippen LogP contribution is -2.28. The van der Waals surface area contributed by atoms with Gasteiger partial charge in [0.1, 0.15) is 6.61 Å². The van der Waals surface area contributed by atoms with E-state index in [2.05, 4.69) is 26.0 Å². The lowest BCUT2D eigenvalue weighted by molar-refractivity contribution is -0.176. The molecule has 9 heteroatoms. The molecule has 0 saturated carbocycles. The van der Waals surface area contributed by atoms with E-state index in [0.29, 0.717) is 10.0 Å². The Hall–Kier alpha value is -2.13. The molecule has 2 rings (SSSR count). The molecule has 0 radical (unpaired) electrons. The first-order chi connectivity index (χ1) is 12.7. The number of carbonyl (C=O) groups is 1. The number of hydrogen-bond acceptors (Lipinski definition) is 3. The molecule has 0 spiro atoms. The maximum absolute atomic E-state index is 13.6. The minimum atomic E-state index is -4.36. The summed E-state index contributed by atoms with van der Waals surface area (Å²) in [7, 11) is 0. The quantitative estimate of drug-likeness (QED) is 0.609. The molecule has 1 amide bonds. The Kier molecular flexibility index (Phi) is 7.61. The summed E-state index contributed by atoms with van der Waals surface area (Å²) in [5, 5.41) is 2.61. The Bertz CT molecular complexity index is 766. The van der Waals surface area contributed by atoms with Crippen molar-refractivity contribution in [2.45, 2.75) is 19.3 Å². The number of halogens is 5. The molecule has 0 aliphatic carbocycles. The van der Waals surface area contributed by atoms with Crippen molar-refractivity contribution in [1.29, 1.82) is 0 Å². The fraction of sp³-hybridized carbons (Fsp3) is 0.278. The van der Waals surface area contributed by atoms with Gasteiger partial charge in [-0.3, -0.25) is 4.79 Å². The summed E-state index contributed by atoms with van der Waals surface area (Å²) in [6.45, 7) is -1.60. The zero-order valence-electron chi connectivity index (χ0n) is 14.0. The zero-order chi connectivity index (χ0) is 19.9. The molecule has 0 saturated heterocycles. The van der Waals surface area contributed by atoms with Gasteiger partial charge < -0.3 is 14.8 Å². The van der Waals surface area contributed by atoms with Gasteiger partial charge in [-0.25, -0.2) is 4.39 Å². The Balaban J connectivity index is 1.73. The van der Waals surface area contributed by atoms with Crippen molar-refractivity contribution in [2.24, 2.45) is 0 Å². The lowest BCUT2D eigenvalue weighted by atomic mass is 10.1. The van der Waals surface area contributed by atoms with Crippen molar-refractivity contribution in [1.82, 2.24) is 5.32 Å². The van der Waals surface area contributed by atoms with Gasteiger partial charge in [-0.1, -0.05) is 40.2 Å². The van der Waals surface area contributed by atoms with E-state index < -0.39 is 24.5 Å². The minimum absolute atomic E-state index is 0.0310. The van der Waals surface area contributed by atoms with Crippen LogP contribution in [-0.4, -0.2) is 25.3 Å². The molecule has 4 nitrogen and oxygen atoms in total. The molecule has 0 aliphatic rings. The fourth-order valence-corrected chi connectivity index (χ4v) is 2.36. The van der Waals surface area contributed by atoms with Crippen molar-refractivity contribution < 1.29 is 31.8 Å². The Labute approximate surface area is 161 Å². The van der Waals surface area contributed by atoms with Crippen LogP contribution in [0.25, 0.3) is 0 Å². The number of amides is 1. The molecule has 1 N–H and O–H groups in total. The number of nitrogens with one attached hydrogen (secondary N) is 1. The SMILES string of the molecule is O=C(COc1ccc(Br)cc1F)NCc1ccc(COCC(F)(F)F)cc1. The maximum atomic E-state index is 13.6. The third kappa shape index (κ3) is 7.96. The van der Waals surface area contributed by atoms with Crippen molar-refractivity contribution in [3.8, 4) is 5.75 Å². The van der Waals surface area contributed by atoms with Crippen LogP contribution in [0.5, 0.6) is 5.75 Å². The summed E-state index contributed by atoms with van der Waals surface area (Å²) >= 11 is 3.12. The largest absolute Gasteiger partial charge is 0.481 e. The van der Waals surface area contributed by atoms with Crippen LogP contribution in [0, 0.1) is 5.82 Å². The summed E-state index contributed by atoms with van der Waals surface area (Å²) in [6.07, 6.45) is -4.36. The summed E-state index contributed by atoms with van der Waals surface area (Å²) in [5.41, 5.74) is 1.33. The molecule has 0 aromatic heterocycles. The Morgan fingerprint density at radius 1 is 1.07 bits per heavy atom. The molecule has 2 aromatic carbocycles. The third-order valence-corrected chi connectivity index (χ3v) is 3.79. The standard InChI is InChI=1S/C18H16BrF4NO3/c19-14-5-6-16(15(20)7-14)27-10-17(25)24-8-12-1-3-13(4-2-12)9-26-11-18(21,22)23/h1-7H,8-11H2,(H,24,25). The summed E-state index contributed by atoms with van der Waals surface area (Å²) in [5.74, 6) is -1.05. The van der Waals surface area contributed by atoms with Crippen LogP contribution in [0.15, 0.2) is 46.9 Å². The van der Waals surface area contributed by atoms with Gasteiger partial charge in [0.25, 0.3) is 5.91 Å². The van der Waals surface area contributed by atoms with Crippen LogP contribution in [0.1, 0.15) is 11.1 Å². The number of benzene rings is 2. The van der Waals surface area contributed by atoms with E-state index in [1.165, 1.54) is 12.1 Å². The molecule has 0 heterocycles. The molecule has 0 atom stereocenters. The highest BCUT2D eigenvalue weighted by atomic mass is 79.9. The van der Waals surface area contributed by atoms with E-state index in [1.54, 1.807) is 30.3 Å². The summed E-state index contributed by atoms with van der Waals surface area (Å²) in [6, 6.07) is 10.8. The highest BCUT2D eigenvalue weighted by Gasteiger charge is 2.27. The zero-order valence-corrected chi connectivity index (χ0v) is 15.6. The molecule has 0 bridgehead atoms. The molecule has 27 heavy (non-hydrogen) atoms. The second-order valence-electron chi connectivity index (χ2n) is 5.56. The number of rotatable bonds is 8. The topological polar surface area (TPSA) is 47.6 Å². The van der Waals surface area contributed by atoms with E-state index in [-0.39, 0.29) is 25.5 Å². The molecule has 146 valence electrons. The minimum Gasteiger partial charge on any atom is -0.481 e. The second-order valence-corrected chi connectivity index (χ2v) is 6.48. The van der Waals surface area contributed by atoms with Crippen molar-refractivity contribution in [2.75, 3.05) is 13.2 Å². The first-order valence-corrected chi connectivity index (χ1v) is 8.59. The third-order valence-electron chi connectivity index (χ3n) is 3.30. The van der Waals surface area contributed by atoms with Gasteiger partial charge in [-0.05, 0) is 29.3 Å². The van der Waals surface area contributed by atoms with Crippen LogP contribution in [0.4, 0.5) is 17.6 Å². The molecule has 0 aliphatic heterocycles. The molecule has 0 unspecified atom stereocenters. The molecule has 2 aromatic rings. The van der Waals surface area contributed by atoms with Gasteiger partial charge in [0.2, 0.25) is 0 Å². The molecular formula is C18H16BrF4NO3. The van der Waals surface area contributed by atoms with E-state index in [0.717, 1.165) is 5.56 Å². The molecule has 0 fully saturated rings. The van der Waals surface area contributed by atoms with Crippen LogP contribution in [0.3, 0.4) is 0 Å². The number of carbonyl (C=O) groups excluding carboxylic acids is 1. The maximum Gasteiger partial charge on any atom is 0.411 e. The van der Waals surface area contributed by atoms with Gasteiger partial charge in [0.05, 0.1) is 6.61 Å². The van der Waals surface area contributed by atoms with E-state index in [4.69, 9.17) is 4.74 Å². The second kappa shape index (κ2) is 9.70. The van der Waals surface area contributed by atoms with Crippen LogP contribution in [0.2, 0.25) is 0 Å². The number of alkyl halides is 3. The predicted molar refractivity (Wildman–Crippen MR) is 93.6 cm³/mol. The number of hydrogen-bond donors (Lipinski definition) is 1. The normalized spacial score (nSPS) is 11.3. The van der Waals surface area contributed by atoms with E-state index in [9.17, 15) is 22.4 Å². The van der Waals surface area contributed by atoms with Gasteiger partial charge in [-0.15, -0.1) is 0 Å². The van der Waals surface area contributed by atoms with Crippen molar-refractivity contribution in [3.05, 3.63) is 63.9 Å². The Morgan fingerprint density at radius 2 is 1.74 bits per heavy atom. The molecular weight excluding hydrogens is 434 g/mol. The average molecular weight is 450 g/mol. The van der Waals surface area contributed by atoms with Crippen LogP contribution < -0.4 is 10.1 Å². The van der Waals surface area contributed by atoms with Crippen molar-refractivity contribution >= 4 is 21.8 Å². The van der Waals surface area contributed by atoms with Crippen molar-refractivity contribution in [3.63, 3.8) is 0 Å². The van der Waals surface area contributed by atoms with Gasteiger partial charge in [0.15, 0.2) is 18.2 Å². The number of ether oxygens (including phenoxy) is 2. The first-order valence-electron chi connectivity index (χ1n) is 7.80. The fourth-order valence-electron chi connectivity index (χ4n) is 2.03. The average Bonchev–Trinajstić information content (AvgIpc) is 2.59. The monoisotopic (exact) mass is 449 g/mol. The van der Waals surface area contributed by atoms with Gasteiger partial charge >= 0.3 is 6.18 Å². The predicted octanol–water partition coefficient (Wildman–Crippen LogP) is 4.36. The lowest BCUT2D eigenvalue weighted by Gasteiger charge is -2.10. The van der Waals surface area contributed by atoms with Crippen LogP contribution in [-0.2, 0) is 22.7 Å². The van der Waals surface area contributed by atoms with E-state index >= 15 is 0 Å². The highest BCUT2D eigenvalue weighted by Crippen LogP contribution is 2.21.